The van der Waals surface area contributed by atoms with Crippen LogP contribution in [0.25, 0.3) is 0 Å². The fourth-order valence-corrected chi connectivity index (χ4v) is 2.96. The van der Waals surface area contributed by atoms with Crippen molar-refractivity contribution >= 4 is 17.3 Å². The van der Waals surface area contributed by atoms with Gasteiger partial charge in [-0.1, -0.05) is 18.2 Å². The van der Waals surface area contributed by atoms with Gasteiger partial charge in [0.25, 0.3) is 5.91 Å². The Kier molecular flexibility index (Phi) is 4.99. The number of nitrogens with zero attached hydrogens (tertiary/aromatic N) is 3. The van der Waals surface area contributed by atoms with Gasteiger partial charge in [0.1, 0.15) is 0 Å². The van der Waals surface area contributed by atoms with E-state index in [0.717, 1.165) is 31.9 Å². The normalized spacial score (nSPS) is 14.8. The van der Waals surface area contributed by atoms with Crippen LogP contribution in [0.5, 0.6) is 0 Å². The molecule has 1 N–H and O–H groups in total. The number of anilines is 2. The Hall–Kier alpha value is -2.56. The maximum absolute atomic E-state index is 12.7. The standard InChI is InChI=1S/C19H24N4O/c1-15(2)21-17-12-16(13-20-14-17)19(24)23-10-8-22(9-11-23)18-6-4-3-5-7-18/h3-7,12-15,21H,8-11H2,1-2H3. The number of carbonyl (C=O) groups is 1. The van der Waals surface area contributed by atoms with Gasteiger partial charge in [-0.15, -0.1) is 0 Å². The molecule has 24 heavy (non-hydrogen) atoms. The van der Waals surface area contributed by atoms with E-state index >= 15 is 0 Å². The van der Waals surface area contributed by atoms with Crippen molar-refractivity contribution < 1.29 is 4.79 Å². The van der Waals surface area contributed by atoms with Crippen LogP contribution in [-0.4, -0.2) is 48.0 Å². The summed E-state index contributed by atoms with van der Waals surface area (Å²) in [7, 11) is 0. The molecule has 1 amide bonds. The van der Waals surface area contributed by atoms with Gasteiger partial charge >= 0.3 is 0 Å². The lowest BCUT2D eigenvalue weighted by Gasteiger charge is -2.36. The highest BCUT2D eigenvalue weighted by molar-refractivity contribution is 5.95. The van der Waals surface area contributed by atoms with Crippen LogP contribution in [0.4, 0.5) is 11.4 Å². The molecule has 3 rings (SSSR count). The van der Waals surface area contributed by atoms with Crippen molar-refractivity contribution in [2.24, 2.45) is 0 Å². The van der Waals surface area contributed by atoms with E-state index in [1.807, 2.05) is 29.2 Å². The average molecular weight is 324 g/mol. The number of para-hydroxylation sites is 1. The second-order valence-corrected chi connectivity index (χ2v) is 6.38. The Balaban J connectivity index is 1.63. The number of piperazine rings is 1. The molecule has 126 valence electrons. The maximum atomic E-state index is 12.7. The number of amides is 1. The highest BCUT2D eigenvalue weighted by atomic mass is 16.2. The average Bonchev–Trinajstić information content (AvgIpc) is 2.62. The van der Waals surface area contributed by atoms with Crippen LogP contribution >= 0.6 is 0 Å². The Labute approximate surface area is 143 Å². The minimum atomic E-state index is 0.0580. The lowest BCUT2D eigenvalue weighted by molar-refractivity contribution is 0.0746. The van der Waals surface area contributed by atoms with E-state index < -0.39 is 0 Å². The molecule has 0 radical (unpaired) electrons. The zero-order valence-corrected chi connectivity index (χ0v) is 14.3. The Morgan fingerprint density at radius 3 is 2.46 bits per heavy atom. The second-order valence-electron chi connectivity index (χ2n) is 6.38. The first-order chi connectivity index (χ1) is 11.6. The molecule has 1 aromatic carbocycles. The molecule has 0 bridgehead atoms. The maximum Gasteiger partial charge on any atom is 0.255 e. The smallest absolute Gasteiger partial charge is 0.255 e. The first-order valence-electron chi connectivity index (χ1n) is 8.44. The minimum absolute atomic E-state index is 0.0580. The van der Waals surface area contributed by atoms with Crippen molar-refractivity contribution in [2.75, 3.05) is 36.4 Å². The lowest BCUT2D eigenvalue weighted by atomic mass is 10.2. The van der Waals surface area contributed by atoms with Crippen molar-refractivity contribution in [1.29, 1.82) is 0 Å². The first kappa shape index (κ1) is 16.3. The number of rotatable bonds is 4. The van der Waals surface area contributed by atoms with Crippen LogP contribution in [0, 0.1) is 0 Å². The fourth-order valence-electron chi connectivity index (χ4n) is 2.96. The summed E-state index contributed by atoms with van der Waals surface area (Å²) in [4.78, 5) is 21.1. The molecule has 0 unspecified atom stereocenters. The molecule has 1 aliphatic rings. The highest BCUT2D eigenvalue weighted by Crippen LogP contribution is 2.17. The third-order valence-electron chi connectivity index (χ3n) is 4.13. The Morgan fingerprint density at radius 1 is 1.08 bits per heavy atom. The number of hydrogen-bond donors (Lipinski definition) is 1. The molecule has 1 aromatic heterocycles. The number of hydrogen-bond acceptors (Lipinski definition) is 4. The van der Waals surface area contributed by atoms with Crippen molar-refractivity contribution in [3.05, 3.63) is 54.4 Å². The quantitative estimate of drug-likeness (QED) is 0.939. The molecule has 0 saturated carbocycles. The van der Waals surface area contributed by atoms with Crippen molar-refractivity contribution in [1.82, 2.24) is 9.88 Å². The molecule has 1 aliphatic heterocycles. The van der Waals surface area contributed by atoms with E-state index in [-0.39, 0.29) is 5.91 Å². The molecular weight excluding hydrogens is 300 g/mol. The van der Waals surface area contributed by atoms with Crippen molar-refractivity contribution in [3.8, 4) is 0 Å². The largest absolute Gasteiger partial charge is 0.382 e. The predicted molar refractivity (Wildman–Crippen MR) is 97.6 cm³/mol. The monoisotopic (exact) mass is 324 g/mol. The van der Waals surface area contributed by atoms with Crippen LogP contribution in [0.2, 0.25) is 0 Å². The van der Waals surface area contributed by atoms with Gasteiger partial charge in [-0.3, -0.25) is 9.78 Å². The molecule has 5 heteroatoms. The number of carbonyl (C=O) groups excluding carboxylic acids is 1. The second kappa shape index (κ2) is 7.34. The summed E-state index contributed by atoms with van der Waals surface area (Å²) < 4.78 is 0. The van der Waals surface area contributed by atoms with Crippen LogP contribution in [-0.2, 0) is 0 Å². The van der Waals surface area contributed by atoms with Gasteiger partial charge in [-0.25, -0.2) is 0 Å². The van der Waals surface area contributed by atoms with Gasteiger partial charge in [0.05, 0.1) is 11.3 Å². The molecule has 0 atom stereocenters. The van der Waals surface area contributed by atoms with E-state index in [9.17, 15) is 4.79 Å². The molecule has 5 nitrogen and oxygen atoms in total. The predicted octanol–water partition coefficient (Wildman–Crippen LogP) is 2.86. The number of benzene rings is 1. The lowest BCUT2D eigenvalue weighted by Crippen LogP contribution is -2.48. The van der Waals surface area contributed by atoms with Crippen molar-refractivity contribution in [3.63, 3.8) is 0 Å². The summed E-state index contributed by atoms with van der Waals surface area (Å²) in [6, 6.07) is 12.5. The molecule has 1 saturated heterocycles. The SMILES string of the molecule is CC(C)Nc1cncc(C(=O)N2CCN(c3ccccc3)CC2)c1. The van der Waals surface area contributed by atoms with E-state index in [1.54, 1.807) is 12.4 Å². The summed E-state index contributed by atoms with van der Waals surface area (Å²) in [5.74, 6) is 0.0580. The number of pyridine rings is 1. The first-order valence-corrected chi connectivity index (χ1v) is 8.44. The molecule has 1 fully saturated rings. The van der Waals surface area contributed by atoms with Gasteiger partial charge in [0.2, 0.25) is 0 Å². The number of aromatic nitrogens is 1. The van der Waals surface area contributed by atoms with Gasteiger partial charge in [-0.2, -0.15) is 0 Å². The van der Waals surface area contributed by atoms with Crippen LogP contribution in [0.1, 0.15) is 24.2 Å². The molecule has 2 aromatic rings. The zero-order chi connectivity index (χ0) is 16.9. The third kappa shape index (κ3) is 3.85. The summed E-state index contributed by atoms with van der Waals surface area (Å²) >= 11 is 0. The summed E-state index contributed by atoms with van der Waals surface area (Å²) in [6.07, 6.45) is 3.40. The molecular formula is C19H24N4O. The van der Waals surface area contributed by atoms with Crippen LogP contribution in [0.3, 0.4) is 0 Å². The Bertz CT molecular complexity index is 679. The molecule has 0 spiro atoms. The third-order valence-corrected chi connectivity index (χ3v) is 4.13. The van der Waals surface area contributed by atoms with E-state index in [0.29, 0.717) is 11.6 Å². The van der Waals surface area contributed by atoms with Crippen LogP contribution in [0.15, 0.2) is 48.8 Å². The van der Waals surface area contributed by atoms with Crippen LogP contribution < -0.4 is 10.2 Å². The van der Waals surface area contributed by atoms with E-state index in [2.05, 4.69) is 41.2 Å². The van der Waals surface area contributed by atoms with E-state index in [1.165, 1.54) is 5.69 Å². The molecule has 0 aliphatic carbocycles. The Morgan fingerprint density at radius 2 is 1.79 bits per heavy atom. The summed E-state index contributed by atoms with van der Waals surface area (Å²) in [6.45, 7) is 7.31. The van der Waals surface area contributed by atoms with Gasteiger partial charge in [0, 0.05) is 50.3 Å². The van der Waals surface area contributed by atoms with Crippen molar-refractivity contribution in [2.45, 2.75) is 19.9 Å². The zero-order valence-electron chi connectivity index (χ0n) is 14.3. The highest BCUT2D eigenvalue weighted by Gasteiger charge is 2.22. The summed E-state index contributed by atoms with van der Waals surface area (Å²) in [5, 5.41) is 3.29. The molecule has 2 heterocycles. The summed E-state index contributed by atoms with van der Waals surface area (Å²) in [5.41, 5.74) is 2.75. The fraction of sp³-hybridized carbons (Fsp3) is 0.368. The van der Waals surface area contributed by atoms with Gasteiger partial charge in [-0.05, 0) is 32.0 Å². The topological polar surface area (TPSA) is 48.5 Å². The number of nitrogens with one attached hydrogen (secondary N) is 1. The minimum Gasteiger partial charge on any atom is -0.382 e. The van der Waals surface area contributed by atoms with Gasteiger partial charge in [0.15, 0.2) is 0 Å². The van der Waals surface area contributed by atoms with Gasteiger partial charge < -0.3 is 15.1 Å². The van der Waals surface area contributed by atoms with E-state index in [4.69, 9.17) is 0 Å².